The van der Waals surface area contributed by atoms with Gasteiger partial charge in [0, 0.05) is 18.3 Å². The summed E-state index contributed by atoms with van der Waals surface area (Å²) in [6.45, 7) is 5.15. The van der Waals surface area contributed by atoms with Gasteiger partial charge in [-0.1, -0.05) is 0 Å². The van der Waals surface area contributed by atoms with Gasteiger partial charge in [0.05, 0.1) is 25.5 Å². The Hall–Kier alpha value is -3.42. The van der Waals surface area contributed by atoms with E-state index in [4.69, 9.17) is 9.47 Å². The first-order chi connectivity index (χ1) is 13.5. The molecule has 144 valence electrons. The van der Waals surface area contributed by atoms with Gasteiger partial charge in [-0.3, -0.25) is 9.48 Å². The molecule has 0 unspecified atom stereocenters. The Morgan fingerprint density at radius 3 is 2.75 bits per heavy atom. The Bertz CT molecular complexity index is 1030. The van der Waals surface area contributed by atoms with Crippen molar-refractivity contribution in [2.45, 2.75) is 26.5 Å². The average molecular weight is 379 g/mol. The molecule has 8 nitrogen and oxygen atoms in total. The SMILES string of the molecule is COc1cc(-c2nccc(-c3cc4n(n3)CCNC4=O)n2)ccc1OC(C)C. The van der Waals surface area contributed by atoms with E-state index in [0.29, 0.717) is 47.5 Å². The molecule has 3 heterocycles. The minimum atomic E-state index is -0.121. The number of methoxy groups -OCH3 is 1. The molecule has 0 saturated carbocycles. The summed E-state index contributed by atoms with van der Waals surface area (Å²) in [6.07, 6.45) is 1.73. The lowest BCUT2D eigenvalue weighted by Crippen LogP contribution is -2.35. The zero-order chi connectivity index (χ0) is 19.7. The molecule has 8 heteroatoms. The molecule has 0 saturated heterocycles. The molecule has 1 N–H and O–H groups in total. The molecule has 4 rings (SSSR count). The van der Waals surface area contributed by atoms with Crippen molar-refractivity contribution < 1.29 is 14.3 Å². The molecule has 0 aliphatic carbocycles. The first-order valence-electron chi connectivity index (χ1n) is 9.09. The van der Waals surface area contributed by atoms with Crippen molar-refractivity contribution in [2.24, 2.45) is 0 Å². The summed E-state index contributed by atoms with van der Waals surface area (Å²) >= 11 is 0. The smallest absolute Gasteiger partial charge is 0.269 e. The Morgan fingerprint density at radius 1 is 1.14 bits per heavy atom. The number of aromatic nitrogens is 4. The van der Waals surface area contributed by atoms with Gasteiger partial charge in [0.25, 0.3) is 5.91 Å². The molecule has 28 heavy (non-hydrogen) atoms. The molecule has 2 aromatic heterocycles. The average Bonchev–Trinajstić information content (AvgIpc) is 3.14. The number of hydrogen-bond acceptors (Lipinski definition) is 6. The number of rotatable bonds is 5. The van der Waals surface area contributed by atoms with Gasteiger partial charge in [0.15, 0.2) is 17.3 Å². The van der Waals surface area contributed by atoms with Crippen molar-refractivity contribution in [3.63, 3.8) is 0 Å². The second-order valence-electron chi connectivity index (χ2n) is 6.69. The van der Waals surface area contributed by atoms with Gasteiger partial charge in [-0.15, -0.1) is 0 Å². The predicted octanol–water partition coefficient (Wildman–Crippen LogP) is 2.55. The molecule has 0 fully saturated rings. The second kappa shape index (κ2) is 7.30. The zero-order valence-electron chi connectivity index (χ0n) is 16.0. The maximum absolute atomic E-state index is 12.0. The van der Waals surface area contributed by atoms with E-state index in [1.807, 2.05) is 32.0 Å². The normalized spacial score (nSPS) is 13.2. The lowest BCUT2D eigenvalue weighted by atomic mass is 10.1. The third kappa shape index (κ3) is 3.40. The van der Waals surface area contributed by atoms with Crippen molar-refractivity contribution in [1.82, 2.24) is 25.1 Å². The molecule has 1 aliphatic rings. The topological polar surface area (TPSA) is 91.2 Å². The van der Waals surface area contributed by atoms with Crippen LogP contribution in [0.1, 0.15) is 24.3 Å². The van der Waals surface area contributed by atoms with Crippen LogP contribution in [0.3, 0.4) is 0 Å². The molecule has 0 atom stereocenters. The molecule has 1 amide bonds. The summed E-state index contributed by atoms with van der Waals surface area (Å²) < 4.78 is 12.9. The highest BCUT2D eigenvalue weighted by atomic mass is 16.5. The van der Waals surface area contributed by atoms with Crippen molar-refractivity contribution >= 4 is 5.91 Å². The van der Waals surface area contributed by atoms with Crippen LogP contribution in [-0.4, -0.2) is 45.4 Å². The first-order valence-corrected chi connectivity index (χ1v) is 9.09. The van der Waals surface area contributed by atoms with Gasteiger partial charge in [0.1, 0.15) is 11.4 Å². The number of nitrogens with zero attached hydrogens (tertiary/aromatic N) is 4. The van der Waals surface area contributed by atoms with Crippen LogP contribution in [0.25, 0.3) is 22.8 Å². The minimum absolute atomic E-state index is 0.0449. The Kier molecular flexibility index (Phi) is 4.68. The lowest BCUT2D eigenvalue weighted by molar-refractivity contribution is 0.0924. The maximum atomic E-state index is 12.0. The highest BCUT2D eigenvalue weighted by Gasteiger charge is 2.20. The number of ether oxygens (including phenoxy) is 2. The quantitative estimate of drug-likeness (QED) is 0.733. The molecule has 1 aliphatic heterocycles. The Morgan fingerprint density at radius 2 is 2.00 bits per heavy atom. The summed E-state index contributed by atoms with van der Waals surface area (Å²) in [5, 5.41) is 7.32. The van der Waals surface area contributed by atoms with E-state index in [-0.39, 0.29) is 12.0 Å². The predicted molar refractivity (Wildman–Crippen MR) is 103 cm³/mol. The fourth-order valence-electron chi connectivity index (χ4n) is 3.06. The molecule has 3 aromatic rings. The van der Waals surface area contributed by atoms with Crippen LogP contribution in [0.15, 0.2) is 36.5 Å². The van der Waals surface area contributed by atoms with E-state index in [0.717, 1.165) is 5.56 Å². The van der Waals surface area contributed by atoms with Crippen LogP contribution in [0.5, 0.6) is 11.5 Å². The third-order valence-electron chi connectivity index (χ3n) is 4.32. The van der Waals surface area contributed by atoms with Crippen molar-refractivity contribution in [1.29, 1.82) is 0 Å². The van der Waals surface area contributed by atoms with Crippen LogP contribution >= 0.6 is 0 Å². The Labute approximate surface area is 162 Å². The van der Waals surface area contributed by atoms with Crippen molar-refractivity contribution in [3.05, 3.63) is 42.2 Å². The van der Waals surface area contributed by atoms with E-state index in [9.17, 15) is 4.79 Å². The first kappa shape index (κ1) is 18.0. The van der Waals surface area contributed by atoms with Gasteiger partial charge in [-0.25, -0.2) is 9.97 Å². The number of benzene rings is 1. The van der Waals surface area contributed by atoms with Crippen LogP contribution in [0, 0.1) is 0 Å². The summed E-state index contributed by atoms with van der Waals surface area (Å²) in [7, 11) is 1.60. The fourth-order valence-corrected chi connectivity index (χ4v) is 3.06. The van der Waals surface area contributed by atoms with Crippen LogP contribution in [0.2, 0.25) is 0 Å². The van der Waals surface area contributed by atoms with E-state index in [1.165, 1.54) is 0 Å². The van der Waals surface area contributed by atoms with Gasteiger partial charge >= 0.3 is 0 Å². The Balaban J connectivity index is 1.69. The van der Waals surface area contributed by atoms with E-state index in [2.05, 4.69) is 20.4 Å². The monoisotopic (exact) mass is 379 g/mol. The second-order valence-corrected chi connectivity index (χ2v) is 6.69. The highest BCUT2D eigenvalue weighted by Crippen LogP contribution is 2.32. The molecule has 0 radical (unpaired) electrons. The van der Waals surface area contributed by atoms with Gasteiger partial charge in [0.2, 0.25) is 0 Å². The number of carbonyl (C=O) groups excluding carboxylic acids is 1. The maximum Gasteiger partial charge on any atom is 0.269 e. The molecule has 0 spiro atoms. The number of hydrogen-bond donors (Lipinski definition) is 1. The summed E-state index contributed by atoms with van der Waals surface area (Å²) in [6, 6.07) is 9.13. The molecule has 0 bridgehead atoms. The van der Waals surface area contributed by atoms with Crippen LogP contribution in [0.4, 0.5) is 0 Å². The van der Waals surface area contributed by atoms with Gasteiger partial charge < -0.3 is 14.8 Å². The largest absolute Gasteiger partial charge is 0.493 e. The van der Waals surface area contributed by atoms with E-state index < -0.39 is 0 Å². The zero-order valence-corrected chi connectivity index (χ0v) is 16.0. The minimum Gasteiger partial charge on any atom is -0.493 e. The summed E-state index contributed by atoms with van der Waals surface area (Å²) in [5.74, 6) is 1.71. The van der Waals surface area contributed by atoms with Gasteiger partial charge in [-0.05, 0) is 44.2 Å². The summed E-state index contributed by atoms with van der Waals surface area (Å²) in [5.41, 5.74) is 2.64. The van der Waals surface area contributed by atoms with Crippen molar-refractivity contribution in [3.8, 4) is 34.3 Å². The third-order valence-corrected chi connectivity index (χ3v) is 4.32. The number of amides is 1. The lowest BCUT2D eigenvalue weighted by Gasteiger charge is -2.14. The highest BCUT2D eigenvalue weighted by molar-refractivity contribution is 5.94. The van der Waals surface area contributed by atoms with E-state index >= 15 is 0 Å². The number of fused-ring (bicyclic) bond motifs is 1. The van der Waals surface area contributed by atoms with Crippen LogP contribution < -0.4 is 14.8 Å². The van der Waals surface area contributed by atoms with Crippen LogP contribution in [-0.2, 0) is 6.54 Å². The van der Waals surface area contributed by atoms with Gasteiger partial charge in [-0.2, -0.15) is 5.10 Å². The molecular weight excluding hydrogens is 358 g/mol. The molecule has 1 aromatic carbocycles. The van der Waals surface area contributed by atoms with E-state index in [1.54, 1.807) is 30.1 Å². The number of nitrogens with one attached hydrogen (secondary N) is 1. The van der Waals surface area contributed by atoms with Crippen molar-refractivity contribution in [2.75, 3.05) is 13.7 Å². The fraction of sp³-hybridized carbons (Fsp3) is 0.300. The summed E-state index contributed by atoms with van der Waals surface area (Å²) in [4.78, 5) is 21.0. The standard InChI is InChI=1S/C20H21N5O3/c1-12(2)28-17-5-4-13(10-18(17)27-3)19-21-7-6-14(23-19)15-11-16-20(26)22-8-9-25(16)24-15/h4-7,10-12H,8-9H2,1-3H3,(H,22,26). The molecular formula is C20H21N5O3. The number of carbonyl (C=O) groups is 1.